The minimum absolute atomic E-state index is 0.176. The summed E-state index contributed by atoms with van der Waals surface area (Å²) >= 11 is 0. The second-order valence-electron chi connectivity index (χ2n) is 6.05. The summed E-state index contributed by atoms with van der Waals surface area (Å²) in [7, 11) is 0. The van der Waals surface area contributed by atoms with Crippen molar-refractivity contribution >= 4 is 17.6 Å². The third-order valence-electron chi connectivity index (χ3n) is 3.71. The molecule has 6 nitrogen and oxygen atoms in total. The van der Waals surface area contributed by atoms with Gasteiger partial charge in [0.15, 0.2) is 6.61 Å². The number of hydrogen-bond donors (Lipinski definition) is 1. The Labute approximate surface area is 159 Å². The van der Waals surface area contributed by atoms with Crippen molar-refractivity contribution in [2.45, 2.75) is 27.2 Å². The minimum Gasteiger partial charge on any atom is -0.484 e. The molecular formula is C21H24N2O4. The molecule has 0 saturated carbocycles. The average Bonchev–Trinajstić information content (AvgIpc) is 2.69. The molecule has 0 spiro atoms. The van der Waals surface area contributed by atoms with E-state index >= 15 is 0 Å². The van der Waals surface area contributed by atoms with E-state index in [0.717, 1.165) is 17.5 Å². The van der Waals surface area contributed by atoms with E-state index in [-0.39, 0.29) is 18.5 Å². The molecule has 0 aliphatic carbocycles. The van der Waals surface area contributed by atoms with Crippen LogP contribution < -0.4 is 10.2 Å². The van der Waals surface area contributed by atoms with Gasteiger partial charge in [0, 0.05) is 0 Å². The van der Waals surface area contributed by atoms with E-state index < -0.39 is 0 Å². The highest BCUT2D eigenvalue weighted by Gasteiger charge is 2.07. The summed E-state index contributed by atoms with van der Waals surface area (Å²) in [6, 6.07) is 14.3. The number of aryl methyl sites for hydroxylation is 1. The monoisotopic (exact) mass is 368 g/mol. The van der Waals surface area contributed by atoms with Crippen LogP contribution in [0.25, 0.3) is 0 Å². The molecule has 0 aliphatic heterocycles. The van der Waals surface area contributed by atoms with Gasteiger partial charge >= 0.3 is 5.97 Å². The van der Waals surface area contributed by atoms with E-state index in [1.54, 1.807) is 24.3 Å². The highest BCUT2D eigenvalue weighted by atomic mass is 16.5. The van der Waals surface area contributed by atoms with Gasteiger partial charge < -0.3 is 9.47 Å². The molecule has 0 bridgehead atoms. The van der Waals surface area contributed by atoms with Crippen LogP contribution in [0, 0.1) is 6.92 Å². The van der Waals surface area contributed by atoms with Crippen molar-refractivity contribution in [1.29, 1.82) is 0 Å². The molecule has 2 rings (SSSR count). The van der Waals surface area contributed by atoms with Crippen LogP contribution in [0.5, 0.6) is 5.75 Å². The number of carbonyl (C=O) groups excluding carboxylic acids is 2. The molecular weight excluding hydrogens is 344 g/mol. The van der Waals surface area contributed by atoms with Gasteiger partial charge in [-0.3, -0.25) is 4.79 Å². The van der Waals surface area contributed by atoms with E-state index in [1.165, 1.54) is 0 Å². The third-order valence-corrected chi connectivity index (χ3v) is 3.71. The standard InChI is InChI=1S/C21H24N2O4/c1-4-13-26-21(25)18-9-11-19(12-10-18)27-14-20(24)23-22-16(3)17-7-5-15(2)6-8-17/h5-12H,4,13-14H2,1-3H3,(H,23,24). The summed E-state index contributed by atoms with van der Waals surface area (Å²) in [5.41, 5.74) is 5.72. The molecule has 6 heteroatoms. The van der Waals surface area contributed by atoms with Gasteiger partial charge in [-0.15, -0.1) is 0 Å². The molecule has 0 heterocycles. The molecule has 27 heavy (non-hydrogen) atoms. The number of nitrogens with zero attached hydrogens (tertiary/aromatic N) is 1. The first kappa shape index (κ1) is 20.2. The first-order valence-corrected chi connectivity index (χ1v) is 8.79. The normalized spacial score (nSPS) is 11.0. The second-order valence-corrected chi connectivity index (χ2v) is 6.05. The Hall–Kier alpha value is -3.15. The second kappa shape index (κ2) is 10.1. The van der Waals surface area contributed by atoms with E-state index in [9.17, 15) is 9.59 Å². The van der Waals surface area contributed by atoms with E-state index in [1.807, 2.05) is 45.0 Å². The summed E-state index contributed by atoms with van der Waals surface area (Å²) < 4.78 is 10.5. The summed E-state index contributed by atoms with van der Waals surface area (Å²) in [5, 5.41) is 4.08. The fraction of sp³-hybridized carbons (Fsp3) is 0.286. The van der Waals surface area contributed by atoms with Crippen molar-refractivity contribution in [1.82, 2.24) is 5.43 Å². The molecule has 0 aliphatic rings. The maximum Gasteiger partial charge on any atom is 0.338 e. The highest BCUT2D eigenvalue weighted by molar-refractivity contribution is 5.99. The highest BCUT2D eigenvalue weighted by Crippen LogP contribution is 2.13. The molecule has 0 saturated heterocycles. The molecule has 1 amide bonds. The van der Waals surface area contributed by atoms with Crippen LogP contribution in [0.1, 0.15) is 41.8 Å². The van der Waals surface area contributed by atoms with Crippen LogP contribution in [0.15, 0.2) is 53.6 Å². The molecule has 0 aromatic heterocycles. The minimum atomic E-state index is -0.373. The van der Waals surface area contributed by atoms with Crippen molar-refractivity contribution in [3.63, 3.8) is 0 Å². The molecule has 2 aromatic rings. The first-order chi connectivity index (χ1) is 13.0. The number of carbonyl (C=O) groups is 2. The summed E-state index contributed by atoms with van der Waals surface area (Å²) in [5.74, 6) is -0.258. The maximum atomic E-state index is 11.9. The van der Waals surface area contributed by atoms with E-state index in [4.69, 9.17) is 9.47 Å². The lowest BCUT2D eigenvalue weighted by Crippen LogP contribution is -2.25. The smallest absolute Gasteiger partial charge is 0.338 e. The van der Waals surface area contributed by atoms with Gasteiger partial charge in [-0.2, -0.15) is 5.10 Å². The lowest BCUT2D eigenvalue weighted by atomic mass is 10.1. The van der Waals surface area contributed by atoms with Crippen LogP contribution in [0.2, 0.25) is 0 Å². The van der Waals surface area contributed by atoms with Crippen molar-refractivity contribution < 1.29 is 19.1 Å². The van der Waals surface area contributed by atoms with Crippen molar-refractivity contribution in [2.24, 2.45) is 5.10 Å². The van der Waals surface area contributed by atoms with Gasteiger partial charge in [0.25, 0.3) is 5.91 Å². The van der Waals surface area contributed by atoms with Crippen LogP contribution in [-0.4, -0.2) is 30.8 Å². The number of ether oxygens (including phenoxy) is 2. The van der Waals surface area contributed by atoms with E-state index in [0.29, 0.717) is 23.6 Å². The Kier molecular flexibility index (Phi) is 7.55. The number of esters is 1. The predicted molar refractivity (Wildman–Crippen MR) is 104 cm³/mol. The van der Waals surface area contributed by atoms with Gasteiger partial charge in [0.05, 0.1) is 17.9 Å². The van der Waals surface area contributed by atoms with Gasteiger partial charge in [0.2, 0.25) is 0 Å². The lowest BCUT2D eigenvalue weighted by molar-refractivity contribution is -0.123. The lowest BCUT2D eigenvalue weighted by Gasteiger charge is -2.07. The van der Waals surface area contributed by atoms with Gasteiger partial charge in [-0.05, 0) is 50.1 Å². The Morgan fingerprint density at radius 3 is 2.26 bits per heavy atom. The Balaban J connectivity index is 1.82. The van der Waals surface area contributed by atoms with Gasteiger partial charge in [-0.1, -0.05) is 36.8 Å². The maximum absolute atomic E-state index is 11.9. The third kappa shape index (κ3) is 6.58. The number of benzene rings is 2. The van der Waals surface area contributed by atoms with Crippen LogP contribution >= 0.6 is 0 Å². The van der Waals surface area contributed by atoms with Crippen molar-refractivity contribution in [3.8, 4) is 5.75 Å². The quantitative estimate of drug-likeness (QED) is 0.440. The van der Waals surface area contributed by atoms with Gasteiger partial charge in [-0.25, -0.2) is 10.2 Å². The number of amides is 1. The SMILES string of the molecule is CCCOC(=O)c1ccc(OCC(=O)NN=C(C)c2ccc(C)cc2)cc1. The fourth-order valence-corrected chi connectivity index (χ4v) is 2.15. The Bertz CT molecular complexity index is 796. The number of rotatable bonds is 8. The van der Waals surface area contributed by atoms with E-state index in [2.05, 4.69) is 10.5 Å². The van der Waals surface area contributed by atoms with Crippen LogP contribution in [-0.2, 0) is 9.53 Å². The molecule has 1 N–H and O–H groups in total. The van der Waals surface area contributed by atoms with Crippen LogP contribution in [0.4, 0.5) is 0 Å². The first-order valence-electron chi connectivity index (χ1n) is 8.79. The van der Waals surface area contributed by atoms with Crippen molar-refractivity contribution in [2.75, 3.05) is 13.2 Å². The van der Waals surface area contributed by atoms with Crippen molar-refractivity contribution in [3.05, 3.63) is 65.2 Å². The summed E-state index contributed by atoms with van der Waals surface area (Å²) in [6.45, 7) is 5.98. The topological polar surface area (TPSA) is 77.0 Å². The largest absolute Gasteiger partial charge is 0.484 e. The molecule has 0 atom stereocenters. The number of nitrogens with one attached hydrogen (secondary N) is 1. The fourth-order valence-electron chi connectivity index (χ4n) is 2.15. The molecule has 0 radical (unpaired) electrons. The zero-order chi connectivity index (χ0) is 19.6. The predicted octanol–water partition coefficient (Wildman–Crippen LogP) is 3.48. The van der Waals surface area contributed by atoms with Crippen LogP contribution in [0.3, 0.4) is 0 Å². The molecule has 0 unspecified atom stereocenters. The number of hydrogen-bond acceptors (Lipinski definition) is 5. The zero-order valence-corrected chi connectivity index (χ0v) is 15.8. The summed E-state index contributed by atoms with van der Waals surface area (Å²) in [6.07, 6.45) is 0.772. The summed E-state index contributed by atoms with van der Waals surface area (Å²) in [4.78, 5) is 23.6. The number of hydrazone groups is 1. The Morgan fingerprint density at radius 1 is 1.00 bits per heavy atom. The average molecular weight is 368 g/mol. The van der Waals surface area contributed by atoms with Gasteiger partial charge in [0.1, 0.15) is 5.75 Å². The molecule has 2 aromatic carbocycles. The zero-order valence-electron chi connectivity index (χ0n) is 15.8. The Morgan fingerprint density at radius 2 is 1.63 bits per heavy atom. The molecule has 142 valence electrons. The molecule has 0 fully saturated rings.